The molecule has 0 unspecified atom stereocenters. The summed E-state index contributed by atoms with van der Waals surface area (Å²) in [5.41, 5.74) is 2.24. The smallest absolute Gasteiger partial charge is 0.411 e. The Bertz CT molecular complexity index is 1470. The van der Waals surface area contributed by atoms with Crippen molar-refractivity contribution in [2.75, 3.05) is 19.0 Å². The number of rotatable bonds is 8. The third-order valence-electron chi connectivity index (χ3n) is 9.12. The Hall–Kier alpha value is -3.95. The first-order valence-electron chi connectivity index (χ1n) is 15.2. The molecule has 234 valence electrons. The number of fused-ring (bicyclic) bond motifs is 3. The normalized spacial score (nSPS) is 30.9. The van der Waals surface area contributed by atoms with Crippen molar-refractivity contribution < 1.29 is 28.5 Å². The number of hydrogen-bond acceptors (Lipinski definition) is 7. The van der Waals surface area contributed by atoms with Crippen molar-refractivity contribution >= 4 is 23.8 Å². The lowest BCUT2D eigenvalue weighted by atomic mass is 9.65. The maximum atomic E-state index is 13.2. The number of hydrogen-bond donors (Lipinski definition) is 1. The van der Waals surface area contributed by atoms with E-state index in [1.807, 2.05) is 55.1 Å². The molecule has 0 spiro atoms. The van der Waals surface area contributed by atoms with Crippen molar-refractivity contribution in [2.24, 2.45) is 30.7 Å². The SMILES string of the molecule is CO[C@]12C=C[C@](C)(O1)[C@@H](OC(=O)/C=C/c1cn(C)cn1)C[C@H]1C(C)=CC[C@H](C(C)C)[C@H]1/C=C\2COC(=O)Nc1ccccc1. The quantitative estimate of drug-likeness (QED) is 0.210. The van der Waals surface area contributed by atoms with E-state index in [0.29, 0.717) is 35.2 Å². The standard InChI is InChI=1S/C35H43N3O6/c1-23(2)28-14-12-24(3)29-19-31(43-32(39)15-13-27-20-38(5)22-36-27)34(4)16-17-35(41-6,44-34)25(18-30(28)29)21-42-33(40)37-26-10-8-7-9-11-26/h7-13,15-18,20,22-23,28-31H,14,19,21H2,1-6H3,(H,37,40)/b15-13+,25-18-/t28-,29+,30-,31+,34+,35-/m1/s1. The molecule has 0 radical (unpaired) electrons. The summed E-state index contributed by atoms with van der Waals surface area (Å²) in [4.78, 5) is 30.3. The molecule has 0 fully saturated rings. The number of esters is 1. The number of nitrogens with one attached hydrogen (secondary N) is 1. The van der Waals surface area contributed by atoms with Gasteiger partial charge in [0.25, 0.3) is 0 Å². The van der Waals surface area contributed by atoms with Crippen LogP contribution in [0.15, 0.2) is 84.4 Å². The summed E-state index contributed by atoms with van der Waals surface area (Å²) in [6.45, 7) is 8.48. The molecule has 5 rings (SSSR count). The topological polar surface area (TPSA) is 101 Å². The first-order chi connectivity index (χ1) is 21.0. The van der Waals surface area contributed by atoms with Crippen molar-refractivity contribution in [3.05, 3.63) is 90.1 Å². The second kappa shape index (κ2) is 13.0. The number of aromatic nitrogens is 2. The second-order valence-corrected chi connectivity index (χ2v) is 12.5. The zero-order valence-electron chi connectivity index (χ0n) is 26.4. The van der Waals surface area contributed by atoms with E-state index < -0.39 is 29.6 Å². The number of ether oxygens (including phenoxy) is 4. The first-order valence-corrected chi connectivity index (χ1v) is 15.2. The summed E-state index contributed by atoms with van der Waals surface area (Å²) in [6, 6.07) is 9.17. The lowest BCUT2D eigenvalue weighted by Gasteiger charge is -2.41. The Kier molecular flexibility index (Phi) is 9.27. The molecule has 1 N–H and O–H groups in total. The third kappa shape index (κ3) is 6.74. The Morgan fingerprint density at radius 1 is 1.23 bits per heavy atom. The summed E-state index contributed by atoms with van der Waals surface area (Å²) in [5, 5.41) is 2.78. The van der Waals surface area contributed by atoms with Gasteiger partial charge in [-0.05, 0) is 80.7 Å². The summed E-state index contributed by atoms with van der Waals surface area (Å²) < 4.78 is 26.6. The van der Waals surface area contributed by atoms with E-state index in [-0.39, 0.29) is 18.4 Å². The van der Waals surface area contributed by atoms with Gasteiger partial charge in [0.05, 0.1) is 12.0 Å². The Morgan fingerprint density at radius 3 is 2.68 bits per heavy atom. The van der Waals surface area contributed by atoms with Crippen LogP contribution < -0.4 is 5.32 Å². The summed E-state index contributed by atoms with van der Waals surface area (Å²) >= 11 is 0. The number of amides is 1. The predicted octanol–water partition coefficient (Wildman–Crippen LogP) is 6.47. The van der Waals surface area contributed by atoms with Crippen LogP contribution in [0.4, 0.5) is 10.5 Å². The molecule has 2 aliphatic heterocycles. The van der Waals surface area contributed by atoms with Crippen LogP contribution in [-0.2, 0) is 30.8 Å². The van der Waals surface area contributed by atoms with Gasteiger partial charge in [-0.2, -0.15) is 0 Å². The van der Waals surface area contributed by atoms with Gasteiger partial charge in [-0.25, -0.2) is 14.6 Å². The first kappa shape index (κ1) is 31.5. The number of carbonyl (C=O) groups is 2. The Labute approximate surface area is 259 Å². The molecular weight excluding hydrogens is 558 g/mol. The number of anilines is 1. The lowest BCUT2D eigenvalue weighted by molar-refractivity contribution is -0.227. The van der Waals surface area contributed by atoms with Gasteiger partial charge in [0.1, 0.15) is 18.3 Å². The van der Waals surface area contributed by atoms with Crippen LogP contribution >= 0.6 is 0 Å². The van der Waals surface area contributed by atoms with Crippen LogP contribution in [-0.4, -0.2) is 52.8 Å². The van der Waals surface area contributed by atoms with Gasteiger partial charge >= 0.3 is 12.1 Å². The number of imidazole rings is 1. The minimum atomic E-state index is -1.30. The average molecular weight is 602 g/mol. The van der Waals surface area contributed by atoms with Gasteiger partial charge in [0.15, 0.2) is 0 Å². The molecule has 2 bridgehead atoms. The molecule has 1 aromatic carbocycles. The fourth-order valence-corrected chi connectivity index (χ4v) is 6.59. The molecule has 1 aromatic heterocycles. The van der Waals surface area contributed by atoms with E-state index in [4.69, 9.17) is 18.9 Å². The fourth-order valence-electron chi connectivity index (χ4n) is 6.59. The number of carbonyl (C=O) groups excluding carboxylic acids is 2. The zero-order chi connectivity index (χ0) is 31.5. The number of aryl methyl sites for hydroxylation is 1. The maximum absolute atomic E-state index is 13.2. The summed E-state index contributed by atoms with van der Waals surface area (Å²) in [5.74, 6) is -0.924. The van der Waals surface area contributed by atoms with Gasteiger partial charge < -0.3 is 23.5 Å². The monoisotopic (exact) mass is 601 g/mol. The van der Waals surface area contributed by atoms with E-state index in [0.717, 1.165) is 6.42 Å². The van der Waals surface area contributed by atoms with Crippen LogP contribution in [0.5, 0.6) is 0 Å². The highest BCUT2D eigenvalue weighted by atomic mass is 16.7. The highest BCUT2D eigenvalue weighted by Gasteiger charge is 2.53. The largest absolute Gasteiger partial charge is 0.456 e. The van der Waals surface area contributed by atoms with Gasteiger partial charge in [-0.15, -0.1) is 0 Å². The minimum absolute atomic E-state index is 0.0407. The van der Waals surface area contributed by atoms with E-state index in [2.05, 4.69) is 43.2 Å². The van der Waals surface area contributed by atoms with E-state index in [1.165, 1.54) is 11.6 Å². The summed E-state index contributed by atoms with van der Waals surface area (Å²) in [6.07, 6.45) is 15.1. The van der Waals surface area contributed by atoms with Crippen LogP contribution in [0.25, 0.3) is 6.08 Å². The van der Waals surface area contributed by atoms with Crippen molar-refractivity contribution in [3.8, 4) is 0 Å². The highest BCUT2D eigenvalue weighted by Crippen LogP contribution is 2.49. The number of benzene rings is 1. The molecule has 2 aromatic rings. The molecular formula is C35H43N3O6. The highest BCUT2D eigenvalue weighted by molar-refractivity contribution is 5.87. The Morgan fingerprint density at radius 2 is 2.00 bits per heavy atom. The van der Waals surface area contributed by atoms with Crippen molar-refractivity contribution in [1.82, 2.24) is 9.55 Å². The predicted molar refractivity (Wildman–Crippen MR) is 168 cm³/mol. The van der Waals surface area contributed by atoms with Crippen molar-refractivity contribution in [1.29, 1.82) is 0 Å². The molecule has 9 heteroatoms. The number of methoxy groups -OCH3 is 1. The number of para-hydroxylation sites is 1. The van der Waals surface area contributed by atoms with Crippen LogP contribution in [0, 0.1) is 23.7 Å². The zero-order valence-corrected chi connectivity index (χ0v) is 26.4. The summed E-state index contributed by atoms with van der Waals surface area (Å²) in [7, 11) is 3.45. The van der Waals surface area contributed by atoms with E-state index in [1.54, 1.807) is 31.6 Å². The third-order valence-corrected chi connectivity index (χ3v) is 9.12. The number of allylic oxidation sites excluding steroid dienone is 3. The Balaban J connectivity index is 1.47. The number of nitrogens with zero attached hydrogens (tertiary/aromatic N) is 2. The van der Waals surface area contributed by atoms with Gasteiger partial charge in [-0.1, -0.05) is 49.8 Å². The molecule has 9 nitrogen and oxygen atoms in total. The molecule has 0 saturated carbocycles. The van der Waals surface area contributed by atoms with Gasteiger partial charge in [0, 0.05) is 37.7 Å². The van der Waals surface area contributed by atoms with Gasteiger partial charge in [0.2, 0.25) is 5.79 Å². The molecule has 1 amide bonds. The van der Waals surface area contributed by atoms with Crippen molar-refractivity contribution in [2.45, 2.75) is 58.0 Å². The van der Waals surface area contributed by atoms with Crippen LogP contribution in [0.1, 0.15) is 46.2 Å². The van der Waals surface area contributed by atoms with E-state index >= 15 is 0 Å². The van der Waals surface area contributed by atoms with E-state index in [9.17, 15) is 9.59 Å². The second-order valence-electron chi connectivity index (χ2n) is 12.5. The van der Waals surface area contributed by atoms with Gasteiger partial charge in [-0.3, -0.25) is 5.32 Å². The molecule has 1 aliphatic carbocycles. The molecule has 0 saturated heterocycles. The maximum Gasteiger partial charge on any atom is 0.411 e. The lowest BCUT2D eigenvalue weighted by Crippen LogP contribution is -2.47. The van der Waals surface area contributed by atoms with Crippen molar-refractivity contribution in [3.63, 3.8) is 0 Å². The van der Waals surface area contributed by atoms with Crippen LogP contribution in [0.2, 0.25) is 0 Å². The average Bonchev–Trinajstić information content (AvgIpc) is 3.59. The molecule has 6 atom stereocenters. The molecule has 3 aliphatic rings. The molecule has 3 heterocycles. The minimum Gasteiger partial charge on any atom is -0.456 e. The fraction of sp³-hybridized carbons (Fsp3) is 0.457. The molecule has 44 heavy (non-hydrogen) atoms. The van der Waals surface area contributed by atoms with Crippen LogP contribution in [0.3, 0.4) is 0 Å².